The molecule has 29 heavy (non-hydrogen) atoms. The number of phenolic OH excluding ortho intramolecular Hbond substituents is 1. The Morgan fingerprint density at radius 3 is 2.62 bits per heavy atom. The highest BCUT2D eigenvalue weighted by atomic mass is 19.4. The first kappa shape index (κ1) is 20.4. The van der Waals surface area contributed by atoms with E-state index in [1.165, 1.54) is 20.0 Å². The minimum atomic E-state index is -4.67. The van der Waals surface area contributed by atoms with E-state index in [2.05, 4.69) is 4.98 Å². The monoisotopic (exact) mass is 413 g/mol. The number of benzene rings is 1. The number of carbonyl (C=O) groups is 2. The second kappa shape index (κ2) is 7.22. The Labute approximate surface area is 162 Å². The summed E-state index contributed by atoms with van der Waals surface area (Å²) in [5, 5.41) is 9.49. The quantitative estimate of drug-likeness (QED) is 0.782. The second-order valence-electron chi connectivity index (χ2n) is 6.35. The van der Waals surface area contributed by atoms with Gasteiger partial charge >= 0.3 is 12.3 Å². The van der Waals surface area contributed by atoms with Crippen molar-refractivity contribution in [2.24, 2.45) is 0 Å². The maximum atomic E-state index is 13.2. The molecule has 1 atom stereocenters. The van der Waals surface area contributed by atoms with Crippen molar-refractivity contribution in [1.82, 2.24) is 4.98 Å². The van der Waals surface area contributed by atoms with Crippen LogP contribution in [0.2, 0.25) is 0 Å². The number of aryl methyl sites for hydroxylation is 1. The number of ether oxygens (including phenoxy) is 1. The predicted octanol–water partition coefficient (Wildman–Crippen LogP) is 3.24. The highest BCUT2D eigenvalue weighted by molar-refractivity contribution is 6.05. The number of halogens is 4. The minimum absolute atomic E-state index is 0.00228. The molecule has 1 fully saturated rings. The molecule has 0 spiro atoms. The van der Waals surface area contributed by atoms with Crippen molar-refractivity contribution in [3.63, 3.8) is 0 Å². The summed E-state index contributed by atoms with van der Waals surface area (Å²) in [5.41, 5.74) is -0.915. The van der Waals surface area contributed by atoms with Gasteiger partial charge < -0.3 is 14.7 Å². The summed E-state index contributed by atoms with van der Waals surface area (Å²) < 4.78 is 57.4. The molecule has 1 aliphatic heterocycles. The standard InChI is InChI=1S/C18H15F4N3O4/c1-9-5-10(18(20,21)22)6-15(23-9)25-13(8-29-17(25)28)16(27)24(2)11-3-4-12(19)14(26)7-11/h3-7,13,26H,8H2,1-2H3. The van der Waals surface area contributed by atoms with Crippen molar-refractivity contribution in [2.75, 3.05) is 23.5 Å². The summed E-state index contributed by atoms with van der Waals surface area (Å²) in [7, 11) is 1.31. The molecule has 1 unspecified atom stereocenters. The Bertz CT molecular complexity index is 980. The Hall–Kier alpha value is -3.37. The third-order valence-electron chi connectivity index (χ3n) is 4.32. The molecule has 1 aromatic carbocycles. The van der Waals surface area contributed by atoms with E-state index >= 15 is 0 Å². The molecule has 2 aromatic rings. The van der Waals surface area contributed by atoms with Crippen LogP contribution in [0.4, 0.5) is 33.9 Å². The minimum Gasteiger partial charge on any atom is -0.505 e. The van der Waals surface area contributed by atoms with Crippen LogP contribution in [0.25, 0.3) is 0 Å². The molecule has 0 saturated carbocycles. The van der Waals surface area contributed by atoms with Gasteiger partial charge in [0.25, 0.3) is 5.91 Å². The van der Waals surface area contributed by atoms with Gasteiger partial charge in [-0.05, 0) is 31.2 Å². The molecule has 0 aliphatic carbocycles. The summed E-state index contributed by atoms with van der Waals surface area (Å²) in [6.45, 7) is 0.913. The SMILES string of the molecule is Cc1cc(C(F)(F)F)cc(N2C(=O)OCC2C(=O)N(C)c2ccc(F)c(O)c2)n1. The average Bonchev–Trinajstić information content (AvgIpc) is 3.03. The Kier molecular flexibility index (Phi) is 5.07. The maximum Gasteiger partial charge on any atom is 0.416 e. The summed E-state index contributed by atoms with van der Waals surface area (Å²) in [4.78, 5) is 30.7. The van der Waals surface area contributed by atoms with Crippen LogP contribution < -0.4 is 9.80 Å². The second-order valence-corrected chi connectivity index (χ2v) is 6.35. The van der Waals surface area contributed by atoms with E-state index < -0.39 is 48.0 Å². The number of aromatic hydroxyl groups is 1. The van der Waals surface area contributed by atoms with E-state index in [1.807, 2.05) is 0 Å². The van der Waals surface area contributed by atoms with Crippen molar-refractivity contribution in [1.29, 1.82) is 0 Å². The number of nitrogens with zero attached hydrogens (tertiary/aromatic N) is 3. The molecular weight excluding hydrogens is 398 g/mol. The molecule has 1 aromatic heterocycles. The van der Waals surface area contributed by atoms with Crippen LogP contribution in [-0.2, 0) is 15.7 Å². The Morgan fingerprint density at radius 1 is 1.31 bits per heavy atom. The fourth-order valence-corrected chi connectivity index (χ4v) is 2.86. The van der Waals surface area contributed by atoms with Crippen molar-refractivity contribution < 1.29 is 37.0 Å². The van der Waals surface area contributed by atoms with Gasteiger partial charge in [0, 0.05) is 24.5 Å². The van der Waals surface area contributed by atoms with Crippen molar-refractivity contribution in [2.45, 2.75) is 19.1 Å². The van der Waals surface area contributed by atoms with Gasteiger partial charge in [0.15, 0.2) is 17.6 Å². The number of phenols is 1. The van der Waals surface area contributed by atoms with Crippen LogP contribution in [0, 0.1) is 12.7 Å². The van der Waals surface area contributed by atoms with Crippen LogP contribution >= 0.6 is 0 Å². The first-order valence-electron chi connectivity index (χ1n) is 8.27. The van der Waals surface area contributed by atoms with Crippen molar-refractivity contribution in [3.05, 3.63) is 47.4 Å². The van der Waals surface area contributed by atoms with E-state index in [1.54, 1.807) is 0 Å². The van der Waals surface area contributed by atoms with Crippen LogP contribution in [0.3, 0.4) is 0 Å². The highest BCUT2D eigenvalue weighted by Gasteiger charge is 2.43. The van der Waals surface area contributed by atoms with Crippen LogP contribution in [0.15, 0.2) is 30.3 Å². The van der Waals surface area contributed by atoms with Crippen molar-refractivity contribution >= 4 is 23.5 Å². The number of hydrogen-bond acceptors (Lipinski definition) is 5. The van der Waals surface area contributed by atoms with E-state index in [-0.39, 0.29) is 17.2 Å². The van der Waals surface area contributed by atoms with Gasteiger partial charge in [-0.25, -0.2) is 19.1 Å². The smallest absolute Gasteiger partial charge is 0.416 e. The number of amides is 2. The number of cyclic esters (lactones) is 1. The maximum absolute atomic E-state index is 13.2. The van der Waals surface area contributed by atoms with Gasteiger partial charge in [-0.1, -0.05) is 0 Å². The fraction of sp³-hybridized carbons (Fsp3) is 0.278. The zero-order chi connectivity index (χ0) is 21.5. The van der Waals surface area contributed by atoms with Gasteiger partial charge in [-0.2, -0.15) is 13.2 Å². The lowest BCUT2D eigenvalue weighted by atomic mass is 10.2. The van der Waals surface area contributed by atoms with Gasteiger partial charge in [0.1, 0.15) is 12.4 Å². The van der Waals surface area contributed by atoms with Gasteiger partial charge in [-0.15, -0.1) is 0 Å². The van der Waals surface area contributed by atoms with Crippen LogP contribution in [0.1, 0.15) is 11.3 Å². The molecule has 3 rings (SSSR count). The van der Waals surface area contributed by atoms with Gasteiger partial charge in [-0.3, -0.25) is 4.79 Å². The zero-order valence-corrected chi connectivity index (χ0v) is 15.2. The molecule has 1 N–H and O–H groups in total. The van der Waals surface area contributed by atoms with Crippen LogP contribution in [0.5, 0.6) is 5.75 Å². The number of carbonyl (C=O) groups excluding carboxylic acids is 2. The number of hydrogen-bond donors (Lipinski definition) is 1. The summed E-state index contributed by atoms with van der Waals surface area (Å²) >= 11 is 0. The first-order chi connectivity index (χ1) is 13.5. The van der Waals surface area contributed by atoms with E-state index in [9.17, 15) is 32.3 Å². The number of aromatic nitrogens is 1. The van der Waals surface area contributed by atoms with Crippen molar-refractivity contribution in [3.8, 4) is 5.75 Å². The summed E-state index contributed by atoms with van der Waals surface area (Å²) in [5.74, 6) is -2.68. The van der Waals surface area contributed by atoms with E-state index in [0.717, 1.165) is 28.0 Å². The Morgan fingerprint density at radius 2 is 2.00 bits per heavy atom. The van der Waals surface area contributed by atoms with E-state index in [4.69, 9.17) is 4.74 Å². The number of likely N-dealkylation sites (N-methyl/N-ethyl adjacent to an activating group) is 1. The number of anilines is 2. The van der Waals surface area contributed by atoms with Gasteiger partial charge in [0.2, 0.25) is 0 Å². The third-order valence-corrected chi connectivity index (χ3v) is 4.32. The zero-order valence-electron chi connectivity index (χ0n) is 15.2. The lowest BCUT2D eigenvalue weighted by Gasteiger charge is -2.25. The number of alkyl halides is 3. The molecule has 11 heteroatoms. The molecule has 7 nitrogen and oxygen atoms in total. The topological polar surface area (TPSA) is 83.0 Å². The molecule has 2 amide bonds. The first-order valence-corrected chi connectivity index (χ1v) is 8.27. The lowest BCUT2D eigenvalue weighted by Crippen LogP contribution is -2.47. The third kappa shape index (κ3) is 3.93. The normalized spacial score (nSPS) is 16.7. The average molecular weight is 413 g/mol. The molecule has 1 saturated heterocycles. The molecule has 2 heterocycles. The highest BCUT2D eigenvalue weighted by Crippen LogP contribution is 2.33. The van der Waals surface area contributed by atoms with Crippen LogP contribution in [-0.4, -0.2) is 41.8 Å². The molecule has 0 bridgehead atoms. The predicted molar refractivity (Wildman–Crippen MR) is 93.1 cm³/mol. The number of rotatable bonds is 3. The largest absolute Gasteiger partial charge is 0.505 e. The lowest BCUT2D eigenvalue weighted by molar-refractivity contribution is -0.137. The summed E-state index contributed by atoms with van der Waals surface area (Å²) in [6, 6.07) is 3.35. The summed E-state index contributed by atoms with van der Waals surface area (Å²) in [6.07, 6.45) is -5.70. The fourth-order valence-electron chi connectivity index (χ4n) is 2.86. The Balaban J connectivity index is 1.95. The van der Waals surface area contributed by atoms with E-state index in [0.29, 0.717) is 6.07 Å². The molecule has 1 aliphatic rings. The van der Waals surface area contributed by atoms with Gasteiger partial charge in [0.05, 0.1) is 5.56 Å². The number of pyridine rings is 1. The molecule has 0 radical (unpaired) electrons. The molecule has 154 valence electrons. The molecular formula is C18H15F4N3O4.